The van der Waals surface area contributed by atoms with Crippen molar-refractivity contribution in [3.63, 3.8) is 0 Å². The van der Waals surface area contributed by atoms with Gasteiger partial charge >= 0.3 is 0 Å². The van der Waals surface area contributed by atoms with Gasteiger partial charge in [0.15, 0.2) is 0 Å². The molecule has 160 valence electrons. The van der Waals surface area contributed by atoms with Crippen LogP contribution in [0.5, 0.6) is 0 Å². The highest BCUT2D eigenvalue weighted by atomic mass is 32.2. The van der Waals surface area contributed by atoms with E-state index in [1.165, 1.54) is 16.4 Å². The molecule has 2 bridgehead atoms. The summed E-state index contributed by atoms with van der Waals surface area (Å²) in [5.74, 6) is -0.682. The first-order valence-electron chi connectivity index (χ1n) is 9.96. The van der Waals surface area contributed by atoms with E-state index in [0.717, 1.165) is 22.9 Å². The molecule has 1 amide bonds. The number of pyridine rings is 1. The molecule has 3 heterocycles. The molecule has 0 radical (unpaired) electrons. The van der Waals surface area contributed by atoms with E-state index >= 15 is 0 Å². The third-order valence-corrected chi connectivity index (χ3v) is 7.51. The van der Waals surface area contributed by atoms with Crippen LogP contribution in [0.3, 0.4) is 0 Å². The molecule has 2 unspecified atom stereocenters. The van der Waals surface area contributed by atoms with Crippen LogP contribution in [-0.2, 0) is 14.8 Å². The maximum atomic E-state index is 13.2. The largest absolute Gasteiger partial charge is 0.369 e. The van der Waals surface area contributed by atoms with E-state index in [-0.39, 0.29) is 37.0 Å². The van der Waals surface area contributed by atoms with E-state index in [4.69, 9.17) is 4.74 Å². The summed E-state index contributed by atoms with van der Waals surface area (Å²) in [5.41, 5.74) is 0.383. The van der Waals surface area contributed by atoms with Gasteiger partial charge in [-0.2, -0.15) is 4.31 Å². The minimum atomic E-state index is -3.77. The standard InChI is InChI=1S/C22H20FN3O4S/c23-16-5-7-19(8-6-16)31(28,29)26-13-17-11-25(12-18(14-26)30-17)22(27)21-20-4-2-1-3-15(20)9-10-24-21/h1-10,17-18H,11-14H2. The zero-order valence-electron chi connectivity index (χ0n) is 16.5. The van der Waals surface area contributed by atoms with Crippen molar-refractivity contribution in [1.29, 1.82) is 0 Å². The molecule has 0 saturated carbocycles. The van der Waals surface area contributed by atoms with Crippen molar-refractivity contribution in [2.75, 3.05) is 26.2 Å². The number of carbonyl (C=O) groups is 1. The van der Waals surface area contributed by atoms with E-state index in [9.17, 15) is 17.6 Å². The van der Waals surface area contributed by atoms with Crippen molar-refractivity contribution in [1.82, 2.24) is 14.2 Å². The molecule has 2 aliphatic rings. The highest BCUT2D eigenvalue weighted by molar-refractivity contribution is 7.89. The predicted octanol–water partition coefficient (Wildman–Crippen LogP) is 2.29. The number of carbonyl (C=O) groups excluding carboxylic acids is 1. The molecule has 0 aliphatic carbocycles. The number of fused-ring (bicyclic) bond motifs is 3. The topological polar surface area (TPSA) is 79.8 Å². The van der Waals surface area contributed by atoms with Gasteiger partial charge in [-0.3, -0.25) is 9.78 Å². The van der Waals surface area contributed by atoms with Gasteiger partial charge in [0.05, 0.1) is 17.1 Å². The van der Waals surface area contributed by atoms with Gasteiger partial charge in [-0.1, -0.05) is 24.3 Å². The van der Waals surface area contributed by atoms with Gasteiger partial charge in [0.25, 0.3) is 5.91 Å². The Labute approximate surface area is 179 Å². The van der Waals surface area contributed by atoms with Gasteiger partial charge < -0.3 is 9.64 Å². The van der Waals surface area contributed by atoms with Crippen molar-refractivity contribution >= 4 is 26.7 Å². The molecule has 1 aromatic heterocycles. The molecular weight excluding hydrogens is 421 g/mol. The summed E-state index contributed by atoms with van der Waals surface area (Å²) in [6.45, 7) is 0.803. The molecule has 0 spiro atoms. The van der Waals surface area contributed by atoms with E-state index in [2.05, 4.69) is 4.98 Å². The van der Waals surface area contributed by atoms with Gasteiger partial charge in [-0.15, -0.1) is 0 Å². The summed E-state index contributed by atoms with van der Waals surface area (Å²) in [6.07, 6.45) is 0.733. The zero-order chi connectivity index (χ0) is 21.6. The summed E-state index contributed by atoms with van der Waals surface area (Å²) in [5, 5.41) is 1.72. The number of nitrogens with zero attached hydrogens (tertiary/aromatic N) is 3. The second-order valence-electron chi connectivity index (χ2n) is 7.75. The molecule has 2 saturated heterocycles. The minimum absolute atomic E-state index is 0.0433. The van der Waals surface area contributed by atoms with E-state index in [0.29, 0.717) is 5.69 Å². The Morgan fingerprint density at radius 3 is 2.35 bits per heavy atom. The molecule has 0 N–H and O–H groups in total. The fraction of sp³-hybridized carbons (Fsp3) is 0.273. The maximum absolute atomic E-state index is 13.2. The molecular formula is C22H20FN3O4S. The molecule has 7 nitrogen and oxygen atoms in total. The molecule has 2 aliphatic heterocycles. The number of aromatic nitrogens is 1. The normalized spacial score (nSPS) is 21.9. The van der Waals surface area contributed by atoms with Crippen molar-refractivity contribution in [3.05, 3.63) is 72.3 Å². The van der Waals surface area contributed by atoms with Crippen LogP contribution < -0.4 is 0 Å². The van der Waals surface area contributed by atoms with E-state index in [1.54, 1.807) is 11.1 Å². The van der Waals surface area contributed by atoms with Crippen molar-refractivity contribution in [2.45, 2.75) is 17.1 Å². The first kappa shape index (κ1) is 20.0. The minimum Gasteiger partial charge on any atom is -0.369 e. The predicted molar refractivity (Wildman–Crippen MR) is 111 cm³/mol. The molecule has 9 heteroatoms. The Hall–Kier alpha value is -2.88. The summed E-state index contributed by atoms with van der Waals surface area (Å²) >= 11 is 0. The van der Waals surface area contributed by atoms with Crippen LogP contribution in [0.2, 0.25) is 0 Å². The summed E-state index contributed by atoms with van der Waals surface area (Å²) in [6, 6.07) is 14.2. The molecule has 5 rings (SSSR count). The van der Waals surface area contributed by atoms with Crippen molar-refractivity contribution in [3.8, 4) is 0 Å². The van der Waals surface area contributed by atoms with Crippen LogP contribution in [-0.4, -0.2) is 66.9 Å². The highest BCUT2D eigenvalue weighted by Gasteiger charge is 2.41. The smallest absolute Gasteiger partial charge is 0.273 e. The Kier molecular flexibility index (Phi) is 4.96. The monoisotopic (exact) mass is 441 g/mol. The molecule has 2 atom stereocenters. The average molecular weight is 441 g/mol. The first-order valence-corrected chi connectivity index (χ1v) is 11.4. The lowest BCUT2D eigenvalue weighted by atomic mass is 10.1. The lowest BCUT2D eigenvalue weighted by Gasteiger charge is -2.45. The van der Waals surface area contributed by atoms with Gasteiger partial charge in [-0.05, 0) is 35.7 Å². The lowest BCUT2D eigenvalue weighted by molar-refractivity contribution is -0.113. The van der Waals surface area contributed by atoms with Crippen LogP contribution >= 0.6 is 0 Å². The van der Waals surface area contributed by atoms with Gasteiger partial charge in [-0.25, -0.2) is 12.8 Å². The number of hydrogen-bond donors (Lipinski definition) is 0. The molecule has 2 fully saturated rings. The fourth-order valence-electron chi connectivity index (χ4n) is 4.21. The number of amides is 1. The summed E-state index contributed by atoms with van der Waals surface area (Å²) in [7, 11) is -3.77. The number of rotatable bonds is 3. The quantitative estimate of drug-likeness (QED) is 0.623. The lowest BCUT2D eigenvalue weighted by Crippen LogP contribution is -2.61. The SMILES string of the molecule is O=C(c1nccc2ccccc12)N1CC2CN(S(=O)(=O)c3ccc(F)cc3)CC(C1)O2. The third kappa shape index (κ3) is 3.69. The number of benzene rings is 2. The number of halogens is 1. The second kappa shape index (κ2) is 7.67. The Balaban J connectivity index is 1.36. The maximum Gasteiger partial charge on any atom is 0.273 e. The van der Waals surface area contributed by atoms with Crippen LogP contribution in [0.25, 0.3) is 10.8 Å². The summed E-state index contributed by atoms with van der Waals surface area (Å²) < 4.78 is 46.4. The fourth-order valence-corrected chi connectivity index (χ4v) is 5.72. The van der Waals surface area contributed by atoms with Gasteiger partial charge in [0.2, 0.25) is 10.0 Å². The van der Waals surface area contributed by atoms with Crippen molar-refractivity contribution < 1.29 is 22.3 Å². The Bertz CT molecular complexity index is 1230. The van der Waals surface area contributed by atoms with Crippen molar-refractivity contribution in [2.24, 2.45) is 0 Å². The Morgan fingerprint density at radius 1 is 0.968 bits per heavy atom. The third-order valence-electron chi connectivity index (χ3n) is 5.66. The average Bonchev–Trinajstić information content (AvgIpc) is 2.78. The van der Waals surface area contributed by atoms with Gasteiger partial charge in [0, 0.05) is 37.8 Å². The van der Waals surface area contributed by atoms with Crippen LogP contribution in [0.1, 0.15) is 10.5 Å². The molecule has 31 heavy (non-hydrogen) atoms. The van der Waals surface area contributed by atoms with Gasteiger partial charge in [0.1, 0.15) is 11.5 Å². The second-order valence-corrected chi connectivity index (χ2v) is 9.68. The van der Waals surface area contributed by atoms with Crippen LogP contribution in [0.4, 0.5) is 4.39 Å². The zero-order valence-corrected chi connectivity index (χ0v) is 17.3. The number of ether oxygens (including phenoxy) is 1. The first-order chi connectivity index (χ1) is 14.9. The Morgan fingerprint density at radius 2 is 1.65 bits per heavy atom. The van der Waals surface area contributed by atoms with Crippen LogP contribution in [0, 0.1) is 5.82 Å². The number of sulfonamides is 1. The molecule has 3 aromatic rings. The highest BCUT2D eigenvalue weighted by Crippen LogP contribution is 2.27. The van der Waals surface area contributed by atoms with Crippen LogP contribution in [0.15, 0.2) is 65.7 Å². The number of morpholine rings is 2. The van der Waals surface area contributed by atoms with E-state index < -0.39 is 28.0 Å². The summed E-state index contributed by atoms with van der Waals surface area (Å²) in [4.78, 5) is 19.3. The number of hydrogen-bond acceptors (Lipinski definition) is 5. The molecule has 2 aromatic carbocycles. The van der Waals surface area contributed by atoms with E-state index in [1.807, 2.05) is 30.3 Å².